The number of ether oxygens (including phenoxy) is 1. The highest BCUT2D eigenvalue weighted by atomic mass is 35.5. The summed E-state index contributed by atoms with van der Waals surface area (Å²) in [4.78, 5) is 31.4. The molecule has 2 aromatic carbocycles. The first-order chi connectivity index (χ1) is 15.4. The first-order valence-corrected chi connectivity index (χ1v) is 10.0. The van der Waals surface area contributed by atoms with Gasteiger partial charge in [0.1, 0.15) is 5.76 Å². The van der Waals surface area contributed by atoms with Gasteiger partial charge in [-0.15, -0.1) is 0 Å². The van der Waals surface area contributed by atoms with Gasteiger partial charge in [0.05, 0.1) is 18.7 Å². The van der Waals surface area contributed by atoms with Gasteiger partial charge in [-0.25, -0.2) is 4.39 Å². The van der Waals surface area contributed by atoms with Crippen molar-refractivity contribution in [3.63, 3.8) is 0 Å². The normalized spacial score (nSPS) is 17.6. The Hall–Kier alpha value is -3.71. The predicted octanol–water partition coefficient (Wildman–Crippen LogP) is 4.50. The van der Waals surface area contributed by atoms with Crippen LogP contribution in [-0.2, 0) is 16.1 Å². The molecule has 1 N–H and O–H groups in total. The van der Waals surface area contributed by atoms with Crippen molar-refractivity contribution in [3.05, 3.63) is 100 Å². The predicted molar refractivity (Wildman–Crippen MR) is 116 cm³/mol. The molecule has 0 saturated carbocycles. The number of benzene rings is 2. The topological polar surface area (TPSA) is 79.7 Å². The lowest BCUT2D eigenvalue weighted by atomic mass is 9.95. The Morgan fingerprint density at radius 3 is 2.56 bits per heavy atom. The highest BCUT2D eigenvalue weighted by Crippen LogP contribution is 2.40. The number of rotatable bonds is 5. The molecule has 1 fully saturated rings. The third-order valence-corrected chi connectivity index (χ3v) is 5.48. The molecule has 0 spiro atoms. The Kier molecular flexibility index (Phi) is 5.92. The van der Waals surface area contributed by atoms with E-state index in [9.17, 15) is 19.1 Å². The lowest BCUT2D eigenvalue weighted by Crippen LogP contribution is -2.29. The number of carbonyl (C=O) groups excluding carboxylic acids is 2. The number of ketones is 1. The van der Waals surface area contributed by atoms with Gasteiger partial charge >= 0.3 is 0 Å². The fourth-order valence-electron chi connectivity index (χ4n) is 3.69. The van der Waals surface area contributed by atoms with Crippen molar-refractivity contribution in [1.82, 2.24) is 9.88 Å². The van der Waals surface area contributed by atoms with E-state index in [2.05, 4.69) is 4.98 Å². The van der Waals surface area contributed by atoms with Crippen molar-refractivity contribution in [2.75, 3.05) is 7.11 Å². The second-order valence-corrected chi connectivity index (χ2v) is 7.63. The average Bonchev–Trinajstić information content (AvgIpc) is 3.04. The summed E-state index contributed by atoms with van der Waals surface area (Å²) < 4.78 is 19.2. The fourth-order valence-corrected chi connectivity index (χ4v) is 3.82. The number of aliphatic hydroxyl groups excluding tert-OH is 1. The maximum absolute atomic E-state index is 14.3. The van der Waals surface area contributed by atoms with E-state index in [1.807, 2.05) is 0 Å². The van der Waals surface area contributed by atoms with E-state index in [-0.39, 0.29) is 23.4 Å². The van der Waals surface area contributed by atoms with Gasteiger partial charge < -0.3 is 14.7 Å². The molecule has 0 bridgehead atoms. The Balaban J connectivity index is 1.86. The van der Waals surface area contributed by atoms with E-state index in [0.717, 1.165) is 6.07 Å². The smallest absolute Gasteiger partial charge is 0.295 e. The van der Waals surface area contributed by atoms with E-state index < -0.39 is 29.3 Å². The standard InChI is InChI=1S/C24H18ClFN2O4/c1-32-19-9-6-16(11-18(19)26)22(29)20-21(15-4-7-17(25)8-5-15)28(24(31)23(20)30)13-14-3-2-10-27-12-14/h2-12,21,29H,13H2,1H3/t21-/m0/s1. The summed E-state index contributed by atoms with van der Waals surface area (Å²) in [5.41, 5.74) is 1.21. The van der Waals surface area contributed by atoms with Crippen molar-refractivity contribution in [2.24, 2.45) is 0 Å². The van der Waals surface area contributed by atoms with Crippen molar-refractivity contribution in [3.8, 4) is 5.75 Å². The van der Waals surface area contributed by atoms with Crippen molar-refractivity contribution < 1.29 is 23.8 Å². The number of Topliss-reactive ketones (excluding diaryl/α,β-unsaturated/α-hetero) is 1. The van der Waals surface area contributed by atoms with E-state index in [0.29, 0.717) is 16.1 Å². The Morgan fingerprint density at radius 1 is 1.19 bits per heavy atom. The summed E-state index contributed by atoms with van der Waals surface area (Å²) in [5, 5.41) is 11.5. The van der Waals surface area contributed by atoms with Crippen LogP contribution in [0.3, 0.4) is 0 Å². The zero-order valence-electron chi connectivity index (χ0n) is 17.0. The zero-order chi connectivity index (χ0) is 22.8. The molecule has 1 atom stereocenters. The molecule has 2 heterocycles. The third kappa shape index (κ3) is 3.94. The summed E-state index contributed by atoms with van der Waals surface area (Å²) in [7, 11) is 1.32. The van der Waals surface area contributed by atoms with E-state index in [1.165, 1.54) is 24.1 Å². The molecular formula is C24H18ClFN2O4. The molecule has 0 unspecified atom stereocenters. The molecule has 3 aromatic rings. The van der Waals surface area contributed by atoms with Crippen LogP contribution in [0.25, 0.3) is 5.76 Å². The third-order valence-electron chi connectivity index (χ3n) is 5.23. The van der Waals surface area contributed by atoms with Gasteiger partial charge in [0.15, 0.2) is 11.6 Å². The molecule has 1 aliphatic heterocycles. The first-order valence-electron chi connectivity index (χ1n) is 9.67. The molecule has 32 heavy (non-hydrogen) atoms. The lowest BCUT2D eigenvalue weighted by Gasteiger charge is -2.25. The molecule has 0 radical (unpaired) electrons. The Morgan fingerprint density at radius 2 is 1.94 bits per heavy atom. The number of halogens is 2. The van der Waals surface area contributed by atoms with E-state index in [1.54, 1.807) is 48.8 Å². The molecule has 8 heteroatoms. The van der Waals surface area contributed by atoms with Crippen LogP contribution in [0.1, 0.15) is 22.7 Å². The lowest BCUT2D eigenvalue weighted by molar-refractivity contribution is -0.140. The van der Waals surface area contributed by atoms with Gasteiger partial charge in [0.25, 0.3) is 11.7 Å². The number of aromatic nitrogens is 1. The number of nitrogens with zero attached hydrogens (tertiary/aromatic N) is 2. The minimum Gasteiger partial charge on any atom is -0.507 e. The van der Waals surface area contributed by atoms with Crippen LogP contribution >= 0.6 is 11.6 Å². The van der Waals surface area contributed by atoms with Crippen LogP contribution in [0.15, 0.2) is 72.6 Å². The maximum atomic E-state index is 14.3. The van der Waals surface area contributed by atoms with Crippen LogP contribution in [0.5, 0.6) is 5.75 Å². The number of methoxy groups -OCH3 is 1. The number of amides is 1. The Bertz CT molecular complexity index is 1210. The van der Waals surface area contributed by atoms with Crippen molar-refractivity contribution in [1.29, 1.82) is 0 Å². The largest absolute Gasteiger partial charge is 0.507 e. The minimum absolute atomic E-state index is 0.00664. The molecule has 1 amide bonds. The molecule has 0 aliphatic carbocycles. The SMILES string of the molecule is COc1ccc(C(O)=C2C(=O)C(=O)N(Cc3cccnc3)[C@H]2c2ccc(Cl)cc2)cc1F. The molecular weight excluding hydrogens is 435 g/mol. The molecule has 1 saturated heterocycles. The zero-order valence-corrected chi connectivity index (χ0v) is 17.7. The Labute approximate surface area is 188 Å². The molecule has 1 aromatic heterocycles. The maximum Gasteiger partial charge on any atom is 0.295 e. The first kappa shape index (κ1) is 21.5. The highest BCUT2D eigenvalue weighted by Gasteiger charge is 2.46. The molecule has 6 nitrogen and oxygen atoms in total. The molecule has 162 valence electrons. The summed E-state index contributed by atoms with van der Waals surface area (Å²) in [6, 6.07) is 13.1. The van der Waals surface area contributed by atoms with Gasteiger partial charge in [0.2, 0.25) is 0 Å². The van der Waals surface area contributed by atoms with Crippen LogP contribution in [0.4, 0.5) is 4.39 Å². The number of aliphatic hydroxyl groups is 1. The van der Waals surface area contributed by atoms with Gasteiger partial charge in [0, 0.05) is 29.5 Å². The second kappa shape index (κ2) is 8.80. The molecule has 1 aliphatic rings. The summed E-state index contributed by atoms with van der Waals surface area (Å²) in [6.07, 6.45) is 3.20. The van der Waals surface area contributed by atoms with Crippen molar-refractivity contribution in [2.45, 2.75) is 12.6 Å². The van der Waals surface area contributed by atoms with E-state index >= 15 is 0 Å². The van der Waals surface area contributed by atoms with Crippen LogP contribution in [0.2, 0.25) is 5.02 Å². The number of carbonyl (C=O) groups is 2. The van der Waals surface area contributed by atoms with Crippen LogP contribution in [0, 0.1) is 5.82 Å². The van der Waals surface area contributed by atoms with Crippen LogP contribution < -0.4 is 4.74 Å². The van der Waals surface area contributed by atoms with Crippen LogP contribution in [-0.4, -0.2) is 33.8 Å². The summed E-state index contributed by atoms with van der Waals surface area (Å²) in [5.74, 6) is -2.82. The number of likely N-dealkylation sites (tertiary alicyclic amines) is 1. The second-order valence-electron chi connectivity index (χ2n) is 7.19. The molecule has 4 rings (SSSR count). The highest BCUT2D eigenvalue weighted by molar-refractivity contribution is 6.46. The van der Waals surface area contributed by atoms with Crippen molar-refractivity contribution >= 4 is 29.1 Å². The van der Waals surface area contributed by atoms with Gasteiger partial charge in [-0.3, -0.25) is 14.6 Å². The number of hydrogen-bond acceptors (Lipinski definition) is 5. The monoisotopic (exact) mass is 452 g/mol. The average molecular weight is 453 g/mol. The number of hydrogen-bond donors (Lipinski definition) is 1. The number of pyridine rings is 1. The fraction of sp³-hybridized carbons (Fsp3) is 0.125. The van der Waals surface area contributed by atoms with Gasteiger partial charge in [-0.2, -0.15) is 0 Å². The van der Waals surface area contributed by atoms with Gasteiger partial charge in [-0.05, 0) is 47.5 Å². The minimum atomic E-state index is -0.891. The van der Waals surface area contributed by atoms with Gasteiger partial charge in [-0.1, -0.05) is 29.8 Å². The van der Waals surface area contributed by atoms with E-state index in [4.69, 9.17) is 16.3 Å². The quantitative estimate of drug-likeness (QED) is 0.350. The summed E-state index contributed by atoms with van der Waals surface area (Å²) in [6.45, 7) is 0.0967. The summed E-state index contributed by atoms with van der Waals surface area (Å²) >= 11 is 6.01.